The van der Waals surface area contributed by atoms with Crippen LogP contribution in [-0.2, 0) is 6.42 Å². The molecule has 0 atom stereocenters. The second-order valence-corrected chi connectivity index (χ2v) is 3.79. The molecule has 1 aromatic carbocycles. The predicted molar refractivity (Wildman–Crippen MR) is 61.8 cm³/mol. The van der Waals surface area contributed by atoms with E-state index in [0.29, 0.717) is 6.54 Å². The van der Waals surface area contributed by atoms with Crippen LogP contribution in [0, 0.1) is 0 Å². The van der Waals surface area contributed by atoms with Crippen LogP contribution in [0.4, 0.5) is 0 Å². The second kappa shape index (κ2) is 5.51. The van der Waals surface area contributed by atoms with Crippen molar-refractivity contribution in [2.75, 3.05) is 20.6 Å². The Morgan fingerprint density at radius 3 is 2.33 bits per heavy atom. The van der Waals surface area contributed by atoms with Gasteiger partial charge in [-0.25, -0.2) is 0 Å². The van der Waals surface area contributed by atoms with E-state index in [-0.39, 0.29) is 5.91 Å². The summed E-state index contributed by atoms with van der Waals surface area (Å²) >= 11 is 0. The summed E-state index contributed by atoms with van der Waals surface area (Å²) in [7, 11) is 3.51. The molecule has 3 heteroatoms. The lowest BCUT2D eigenvalue weighted by Gasteiger charge is -2.10. The zero-order chi connectivity index (χ0) is 11.3. The first-order valence-electron chi connectivity index (χ1n) is 5.16. The quantitative estimate of drug-likeness (QED) is 0.806. The second-order valence-electron chi connectivity index (χ2n) is 3.79. The van der Waals surface area contributed by atoms with Gasteiger partial charge in [0.25, 0.3) is 5.91 Å². The summed E-state index contributed by atoms with van der Waals surface area (Å²) in [5, 5.41) is 0. The van der Waals surface area contributed by atoms with Crippen molar-refractivity contribution in [2.45, 2.75) is 12.8 Å². The maximum Gasteiger partial charge on any atom is 0.253 e. The van der Waals surface area contributed by atoms with Crippen molar-refractivity contribution in [1.82, 2.24) is 4.90 Å². The smallest absolute Gasteiger partial charge is 0.253 e. The van der Waals surface area contributed by atoms with Gasteiger partial charge in [0.15, 0.2) is 0 Å². The minimum atomic E-state index is 0.0420. The Bertz CT molecular complexity index is 317. The lowest BCUT2D eigenvalue weighted by atomic mass is 10.1. The third-order valence-electron chi connectivity index (χ3n) is 2.28. The van der Waals surface area contributed by atoms with Gasteiger partial charge in [0, 0.05) is 19.7 Å². The number of nitrogens with zero attached hydrogens (tertiary/aromatic N) is 1. The van der Waals surface area contributed by atoms with Gasteiger partial charge >= 0.3 is 0 Å². The van der Waals surface area contributed by atoms with Crippen LogP contribution in [0.15, 0.2) is 24.3 Å². The lowest BCUT2D eigenvalue weighted by molar-refractivity contribution is 0.0827. The first kappa shape index (κ1) is 11.7. The Balaban J connectivity index is 2.68. The monoisotopic (exact) mass is 206 g/mol. The average Bonchev–Trinajstić information content (AvgIpc) is 2.26. The van der Waals surface area contributed by atoms with Gasteiger partial charge in [-0.1, -0.05) is 12.1 Å². The fourth-order valence-corrected chi connectivity index (χ4v) is 1.38. The molecule has 1 rings (SSSR count). The van der Waals surface area contributed by atoms with Crippen molar-refractivity contribution in [3.05, 3.63) is 35.4 Å². The number of aryl methyl sites for hydroxylation is 1. The molecule has 0 aliphatic carbocycles. The Labute approximate surface area is 90.9 Å². The van der Waals surface area contributed by atoms with Crippen LogP contribution in [0.1, 0.15) is 22.3 Å². The normalized spacial score (nSPS) is 10.1. The molecule has 1 aromatic rings. The van der Waals surface area contributed by atoms with Crippen LogP contribution in [0.2, 0.25) is 0 Å². The van der Waals surface area contributed by atoms with Crippen molar-refractivity contribution in [3.8, 4) is 0 Å². The fraction of sp³-hybridized carbons (Fsp3) is 0.417. The zero-order valence-corrected chi connectivity index (χ0v) is 9.36. The molecular formula is C12H18N2O. The number of rotatable bonds is 4. The predicted octanol–water partition coefficient (Wildman–Crippen LogP) is 1.28. The highest BCUT2D eigenvalue weighted by molar-refractivity contribution is 5.93. The first-order valence-corrected chi connectivity index (χ1v) is 5.16. The van der Waals surface area contributed by atoms with Crippen molar-refractivity contribution in [1.29, 1.82) is 0 Å². The number of nitrogens with two attached hydrogens (primary N) is 1. The number of amides is 1. The van der Waals surface area contributed by atoms with Crippen molar-refractivity contribution < 1.29 is 4.79 Å². The van der Waals surface area contributed by atoms with E-state index >= 15 is 0 Å². The SMILES string of the molecule is CN(C)C(=O)c1ccc(CCCN)cc1. The molecule has 0 radical (unpaired) electrons. The number of hydrogen-bond acceptors (Lipinski definition) is 2. The molecule has 0 unspecified atom stereocenters. The van der Waals surface area contributed by atoms with Crippen LogP contribution < -0.4 is 5.73 Å². The molecule has 1 amide bonds. The minimum Gasteiger partial charge on any atom is -0.345 e. The third kappa shape index (κ3) is 3.36. The Hall–Kier alpha value is -1.35. The van der Waals surface area contributed by atoms with Crippen LogP contribution >= 0.6 is 0 Å². The summed E-state index contributed by atoms with van der Waals surface area (Å²) < 4.78 is 0. The molecule has 82 valence electrons. The first-order chi connectivity index (χ1) is 7.15. The van der Waals surface area contributed by atoms with Gasteiger partial charge < -0.3 is 10.6 Å². The number of carbonyl (C=O) groups is 1. The van der Waals surface area contributed by atoms with E-state index in [2.05, 4.69) is 0 Å². The van der Waals surface area contributed by atoms with Gasteiger partial charge in [-0.2, -0.15) is 0 Å². The molecule has 3 nitrogen and oxygen atoms in total. The molecule has 0 aliphatic heterocycles. The van der Waals surface area contributed by atoms with E-state index in [0.717, 1.165) is 18.4 Å². The van der Waals surface area contributed by atoms with E-state index in [1.807, 2.05) is 24.3 Å². The van der Waals surface area contributed by atoms with Crippen molar-refractivity contribution in [2.24, 2.45) is 5.73 Å². The lowest BCUT2D eigenvalue weighted by Crippen LogP contribution is -2.21. The van der Waals surface area contributed by atoms with Gasteiger partial charge in [-0.15, -0.1) is 0 Å². The molecule has 0 aromatic heterocycles. The van der Waals surface area contributed by atoms with Gasteiger partial charge in [-0.05, 0) is 37.1 Å². The third-order valence-corrected chi connectivity index (χ3v) is 2.28. The standard InChI is InChI=1S/C12H18N2O/c1-14(2)12(15)11-7-5-10(6-8-11)4-3-9-13/h5-8H,3-4,9,13H2,1-2H3. The van der Waals surface area contributed by atoms with E-state index in [9.17, 15) is 4.79 Å². The van der Waals surface area contributed by atoms with E-state index in [4.69, 9.17) is 5.73 Å². The van der Waals surface area contributed by atoms with Crippen LogP contribution in [0.25, 0.3) is 0 Å². The zero-order valence-electron chi connectivity index (χ0n) is 9.36. The number of benzene rings is 1. The molecule has 0 saturated heterocycles. The summed E-state index contributed by atoms with van der Waals surface area (Å²) in [4.78, 5) is 13.2. The topological polar surface area (TPSA) is 46.3 Å². The average molecular weight is 206 g/mol. The largest absolute Gasteiger partial charge is 0.345 e. The van der Waals surface area contributed by atoms with E-state index in [1.54, 1.807) is 19.0 Å². The number of carbonyl (C=O) groups excluding carboxylic acids is 1. The van der Waals surface area contributed by atoms with Crippen LogP contribution in [0.3, 0.4) is 0 Å². The maximum absolute atomic E-state index is 11.6. The highest BCUT2D eigenvalue weighted by atomic mass is 16.2. The summed E-state index contributed by atoms with van der Waals surface area (Å²) in [5.41, 5.74) is 7.40. The molecule has 0 saturated carbocycles. The summed E-state index contributed by atoms with van der Waals surface area (Å²) in [6.45, 7) is 0.707. The minimum absolute atomic E-state index is 0.0420. The van der Waals surface area contributed by atoms with Gasteiger partial charge in [0.2, 0.25) is 0 Å². The summed E-state index contributed by atoms with van der Waals surface area (Å²) in [6, 6.07) is 7.72. The fourth-order valence-electron chi connectivity index (χ4n) is 1.38. The molecule has 0 aliphatic rings. The molecule has 2 N–H and O–H groups in total. The molecule has 0 spiro atoms. The summed E-state index contributed by atoms with van der Waals surface area (Å²) in [6.07, 6.45) is 1.97. The summed E-state index contributed by atoms with van der Waals surface area (Å²) in [5.74, 6) is 0.0420. The molecule has 0 bridgehead atoms. The van der Waals surface area contributed by atoms with Crippen LogP contribution in [0.5, 0.6) is 0 Å². The molecule has 0 fully saturated rings. The van der Waals surface area contributed by atoms with Crippen molar-refractivity contribution >= 4 is 5.91 Å². The van der Waals surface area contributed by atoms with Crippen LogP contribution in [-0.4, -0.2) is 31.4 Å². The molecular weight excluding hydrogens is 188 g/mol. The maximum atomic E-state index is 11.6. The number of hydrogen-bond donors (Lipinski definition) is 1. The van der Waals surface area contributed by atoms with Gasteiger partial charge in [0.05, 0.1) is 0 Å². The molecule has 15 heavy (non-hydrogen) atoms. The van der Waals surface area contributed by atoms with Gasteiger partial charge in [-0.3, -0.25) is 4.79 Å². The van der Waals surface area contributed by atoms with E-state index < -0.39 is 0 Å². The Morgan fingerprint density at radius 2 is 1.87 bits per heavy atom. The Kier molecular flexibility index (Phi) is 4.31. The van der Waals surface area contributed by atoms with E-state index in [1.165, 1.54) is 5.56 Å². The highest BCUT2D eigenvalue weighted by Crippen LogP contribution is 2.07. The van der Waals surface area contributed by atoms with Gasteiger partial charge in [0.1, 0.15) is 0 Å². The molecule has 0 heterocycles. The Morgan fingerprint density at radius 1 is 1.27 bits per heavy atom. The van der Waals surface area contributed by atoms with Crippen molar-refractivity contribution in [3.63, 3.8) is 0 Å². The highest BCUT2D eigenvalue weighted by Gasteiger charge is 2.06.